The van der Waals surface area contributed by atoms with Gasteiger partial charge in [-0.05, 0) is 101 Å². The Morgan fingerprint density at radius 2 is 1.88 bits per heavy atom. The van der Waals surface area contributed by atoms with Crippen LogP contribution in [0.3, 0.4) is 0 Å². The predicted octanol–water partition coefficient (Wildman–Crippen LogP) is 7.04. The molecule has 3 aliphatic carbocycles. The Balaban J connectivity index is 1.41. The van der Waals surface area contributed by atoms with Crippen LogP contribution in [0, 0.1) is 17.3 Å². The number of carbonyl (C=O) groups excluding carboxylic acids is 1. The minimum Gasteiger partial charge on any atom is -0.374 e. The molecule has 0 heterocycles. The first-order chi connectivity index (χ1) is 15.2. The Kier molecular flexibility index (Phi) is 6.98. The predicted molar refractivity (Wildman–Crippen MR) is 129 cm³/mol. The molecule has 0 bridgehead atoms. The summed E-state index contributed by atoms with van der Waals surface area (Å²) in [5, 5.41) is 0. The van der Waals surface area contributed by atoms with Crippen molar-refractivity contribution in [3.8, 4) is 0 Å². The highest BCUT2D eigenvalue weighted by atomic mass is 16.5. The number of ether oxygens (including phenoxy) is 2. The molecule has 0 spiro atoms. The van der Waals surface area contributed by atoms with Gasteiger partial charge in [-0.15, -0.1) is 0 Å². The van der Waals surface area contributed by atoms with Crippen molar-refractivity contribution in [3.63, 3.8) is 0 Å². The van der Waals surface area contributed by atoms with Gasteiger partial charge in [0.2, 0.25) is 0 Å². The standard InChI is InChI=1S/C29H42O3/c1-20(31-19-21-9-7-6-8-10-21)11-14-24-25-17-23-13-16-27(32-28(2,3)4)29(23,5)18-22(25)12-15-26(24)30/h6-10,20,22-23,27H,11-19H2,1-5H3/t20-,22-,23+,27+,29+/m1/s1. The highest BCUT2D eigenvalue weighted by Gasteiger charge is 2.53. The summed E-state index contributed by atoms with van der Waals surface area (Å²) in [7, 11) is 0. The number of rotatable bonds is 7. The molecule has 3 nitrogen and oxygen atoms in total. The van der Waals surface area contributed by atoms with E-state index in [1.54, 1.807) is 0 Å². The van der Waals surface area contributed by atoms with Crippen molar-refractivity contribution >= 4 is 5.78 Å². The van der Waals surface area contributed by atoms with Crippen LogP contribution < -0.4 is 0 Å². The average molecular weight is 439 g/mol. The second kappa shape index (κ2) is 9.43. The Hall–Kier alpha value is -1.45. The Bertz CT molecular complexity index is 834. The number of hydrogen-bond donors (Lipinski definition) is 0. The Morgan fingerprint density at radius 1 is 1.12 bits per heavy atom. The van der Waals surface area contributed by atoms with Crippen LogP contribution >= 0.6 is 0 Å². The van der Waals surface area contributed by atoms with E-state index in [9.17, 15) is 4.79 Å². The maximum Gasteiger partial charge on any atom is 0.158 e. The van der Waals surface area contributed by atoms with Gasteiger partial charge < -0.3 is 9.47 Å². The van der Waals surface area contributed by atoms with Crippen molar-refractivity contribution in [1.82, 2.24) is 0 Å². The molecule has 1 aromatic rings. The first kappa shape index (κ1) is 23.7. The number of benzene rings is 1. The summed E-state index contributed by atoms with van der Waals surface area (Å²) in [5.41, 5.74) is 4.01. The fraction of sp³-hybridized carbons (Fsp3) is 0.690. The summed E-state index contributed by atoms with van der Waals surface area (Å²) < 4.78 is 12.6. The molecule has 0 radical (unpaired) electrons. The highest BCUT2D eigenvalue weighted by molar-refractivity contribution is 5.97. The molecule has 2 saturated carbocycles. The molecule has 1 aromatic carbocycles. The third-order valence-electron chi connectivity index (χ3n) is 8.21. The molecule has 0 saturated heterocycles. The summed E-state index contributed by atoms with van der Waals surface area (Å²) in [5.74, 6) is 1.61. The van der Waals surface area contributed by atoms with E-state index in [1.807, 2.05) is 18.2 Å². The SMILES string of the molecule is C[C@H](CCC1=C2C[C@@H]3CC[C@H](OC(C)(C)C)[C@@]3(C)C[C@H]2CCC1=O)OCc1ccccc1. The van der Waals surface area contributed by atoms with E-state index in [0.29, 0.717) is 36.8 Å². The van der Waals surface area contributed by atoms with Gasteiger partial charge >= 0.3 is 0 Å². The maximum absolute atomic E-state index is 12.9. The van der Waals surface area contributed by atoms with Gasteiger partial charge in [-0.3, -0.25) is 4.79 Å². The first-order valence-electron chi connectivity index (χ1n) is 12.7. The van der Waals surface area contributed by atoms with E-state index in [2.05, 4.69) is 46.8 Å². The zero-order valence-corrected chi connectivity index (χ0v) is 20.8. The summed E-state index contributed by atoms with van der Waals surface area (Å²) in [6, 6.07) is 10.3. The molecule has 0 amide bonds. The molecule has 3 heteroatoms. The van der Waals surface area contributed by atoms with Gasteiger partial charge in [0, 0.05) is 6.42 Å². The minimum atomic E-state index is -0.0950. The lowest BCUT2D eigenvalue weighted by atomic mass is 9.59. The van der Waals surface area contributed by atoms with Gasteiger partial charge in [0.05, 0.1) is 24.4 Å². The molecule has 0 N–H and O–H groups in total. The molecule has 3 aliphatic rings. The highest BCUT2D eigenvalue weighted by Crippen LogP contribution is 2.59. The number of ketones is 1. The molecule has 0 aromatic heterocycles. The summed E-state index contributed by atoms with van der Waals surface area (Å²) in [4.78, 5) is 12.9. The molecule has 32 heavy (non-hydrogen) atoms. The van der Waals surface area contributed by atoms with Crippen molar-refractivity contribution in [3.05, 3.63) is 47.0 Å². The number of hydrogen-bond acceptors (Lipinski definition) is 3. The van der Waals surface area contributed by atoms with Crippen LogP contribution in [0.4, 0.5) is 0 Å². The van der Waals surface area contributed by atoms with E-state index in [0.717, 1.165) is 37.7 Å². The van der Waals surface area contributed by atoms with Gasteiger partial charge in [-0.2, -0.15) is 0 Å². The number of Topliss-reactive ketones (excluding diaryl/α,β-unsaturated/α-hetero) is 1. The molecule has 2 fully saturated rings. The van der Waals surface area contributed by atoms with Crippen molar-refractivity contribution in [1.29, 1.82) is 0 Å². The lowest BCUT2D eigenvalue weighted by Crippen LogP contribution is -2.44. The second-order valence-corrected chi connectivity index (χ2v) is 11.7. The normalized spacial score (nSPS) is 31.4. The fourth-order valence-corrected chi connectivity index (χ4v) is 6.44. The van der Waals surface area contributed by atoms with Crippen LogP contribution in [0.5, 0.6) is 0 Å². The average Bonchev–Trinajstić information content (AvgIpc) is 3.04. The van der Waals surface area contributed by atoms with Crippen LogP contribution in [0.15, 0.2) is 41.5 Å². The second-order valence-electron chi connectivity index (χ2n) is 11.7. The molecular weight excluding hydrogens is 396 g/mol. The molecule has 5 atom stereocenters. The van der Waals surface area contributed by atoms with E-state index in [1.165, 1.54) is 24.0 Å². The van der Waals surface area contributed by atoms with Gasteiger partial charge in [0.15, 0.2) is 5.78 Å². The third kappa shape index (κ3) is 5.20. The minimum absolute atomic E-state index is 0.0950. The first-order valence-corrected chi connectivity index (χ1v) is 12.7. The smallest absolute Gasteiger partial charge is 0.158 e. The van der Waals surface area contributed by atoms with E-state index >= 15 is 0 Å². The maximum atomic E-state index is 12.9. The third-order valence-corrected chi connectivity index (χ3v) is 8.21. The van der Waals surface area contributed by atoms with E-state index < -0.39 is 0 Å². The van der Waals surface area contributed by atoms with Crippen LogP contribution in [-0.2, 0) is 20.9 Å². The zero-order chi connectivity index (χ0) is 22.9. The van der Waals surface area contributed by atoms with Crippen molar-refractivity contribution in [2.75, 3.05) is 0 Å². The Morgan fingerprint density at radius 3 is 2.59 bits per heavy atom. The van der Waals surface area contributed by atoms with Crippen LogP contribution in [0.2, 0.25) is 0 Å². The number of allylic oxidation sites excluding steroid dienone is 2. The van der Waals surface area contributed by atoms with Crippen molar-refractivity contribution in [2.24, 2.45) is 17.3 Å². The summed E-state index contributed by atoms with van der Waals surface area (Å²) >= 11 is 0. The topological polar surface area (TPSA) is 35.5 Å². The van der Waals surface area contributed by atoms with E-state index in [4.69, 9.17) is 9.47 Å². The molecule has 176 valence electrons. The number of carbonyl (C=O) groups is 1. The van der Waals surface area contributed by atoms with Crippen LogP contribution in [-0.4, -0.2) is 23.6 Å². The molecule has 0 unspecified atom stereocenters. The monoisotopic (exact) mass is 438 g/mol. The van der Waals surface area contributed by atoms with Gasteiger partial charge in [-0.1, -0.05) is 42.8 Å². The summed E-state index contributed by atoms with van der Waals surface area (Å²) in [6.07, 6.45) is 8.71. The molecule has 0 aliphatic heterocycles. The quantitative estimate of drug-likeness (QED) is 0.458. The lowest BCUT2D eigenvalue weighted by Gasteiger charge is -2.48. The van der Waals surface area contributed by atoms with Gasteiger partial charge in [-0.25, -0.2) is 0 Å². The largest absolute Gasteiger partial charge is 0.374 e. The van der Waals surface area contributed by atoms with E-state index in [-0.39, 0.29) is 17.1 Å². The zero-order valence-electron chi connectivity index (χ0n) is 20.8. The van der Waals surface area contributed by atoms with Gasteiger partial charge in [0.25, 0.3) is 0 Å². The fourth-order valence-electron chi connectivity index (χ4n) is 6.44. The lowest BCUT2D eigenvalue weighted by molar-refractivity contribution is -0.122. The molecule has 4 rings (SSSR count). The van der Waals surface area contributed by atoms with Crippen molar-refractivity contribution < 1.29 is 14.3 Å². The molecular formula is C29H42O3. The van der Waals surface area contributed by atoms with Gasteiger partial charge in [0.1, 0.15) is 0 Å². The summed E-state index contributed by atoms with van der Waals surface area (Å²) in [6.45, 7) is 11.8. The van der Waals surface area contributed by atoms with Crippen LogP contribution in [0.25, 0.3) is 0 Å². The van der Waals surface area contributed by atoms with Crippen molar-refractivity contribution in [2.45, 2.75) is 110 Å². The number of fused-ring (bicyclic) bond motifs is 2. The Labute approximate surface area is 195 Å². The van der Waals surface area contributed by atoms with Crippen LogP contribution in [0.1, 0.15) is 91.5 Å².